The van der Waals surface area contributed by atoms with E-state index in [4.69, 9.17) is 21.1 Å². The molecule has 0 bridgehead atoms. The number of nitrogens with zero attached hydrogens (tertiary/aromatic N) is 3. The number of likely N-dealkylation sites (tertiary alicyclic amines) is 1. The van der Waals surface area contributed by atoms with Crippen LogP contribution < -0.4 is 20.1 Å². The molecule has 1 aromatic heterocycles. The molecule has 1 aliphatic heterocycles. The molecule has 12 nitrogen and oxygen atoms in total. The molecule has 3 amide bonds. The molecule has 7 rings (SSSR count). The van der Waals surface area contributed by atoms with Crippen molar-refractivity contribution in [2.24, 2.45) is 16.2 Å². The van der Waals surface area contributed by atoms with E-state index in [0.29, 0.717) is 40.5 Å². The molecule has 0 radical (unpaired) electrons. The molecule has 0 unspecified atom stereocenters. The third-order valence-corrected chi connectivity index (χ3v) is 14.8. The van der Waals surface area contributed by atoms with Crippen LogP contribution in [-0.4, -0.2) is 82.0 Å². The fourth-order valence-corrected chi connectivity index (χ4v) is 11.1. The standard InChI is InChI=1S/C55H62ClN5O7S/c1-33-47(69-32-58-33)37-14-11-34(12-15-37)13-26-45(63)44-28-40(62)31-61(44)50(66)48(53(2,3)4)59-46(64)10-9-27-67-41-23-20-36(21-24-41)35-16-18-38(19-17-35)49(65)60-51-54(5,6)52(55(51,7)8)68-42-25-22-39(30-57)43(56)29-42/h11-12,14-25,29,32,40,44,48,51-52,62H,9-10,13,26-28,31H2,1-8H3,(H,59,64)(H,60,65)/t40-,44+,48-,51?,52?/m1/s1. The summed E-state index contributed by atoms with van der Waals surface area (Å²) in [5, 5.41) is 26.4. The number of nitrogens with one attached hydrogen (secondary N) is 2. The van der Waals surface area contributed by atoms with Crippen molar-refractivity contribution in [1.29, 1.82) is 5.26 Å². The second-order valence-corrected chi connectivity index (χ2v) is 21.8. The number of benzene rings is 4. The predicted molar refractivity (Wildman–Crippen MR) is 269 cm³/mol. The van der Waals surface area contributed by atoms with Crippen LogP contribution in [0.4, 0.5) is 0 Å². The van der Waals surface area contributed by atoms with Crippen molar-refractivity contribution in [3.8, 4) is 39.1 Å². The Morgan fingerprint density at radius 2 is 1.54 bits per heavy atom. The number of aliphatic hydroxyl groups is 1. The number of thiazole rings is 1. The van der Waals surface area contributed by atoms with Crippen LogP contribution in [0.2, 0.25) is 5.02 Å². The van der Waals surface area contributed by atoms with Crippen LogP contribution in [0, 0.1) is 34.5 Å². The van der Waals surface area contributed by atoms with Crippen molar-refractivity contribution in [3.63, 3.8) is 0 Å². The van der Waals surface area contributed by atoms with Gasteiger partial charge < -0.3 is 30.1 Å². The molecule has 3 atom stereocenters. The first-order valence-electron chi connectivity index (χ1n) is 23.5. The van der Waals surface area contributed by atoms with Gasteiger partial charge in [-0.25, -0.2) is 4.98 Å². The second-order valence-electron chi connectivity index (χ2n) is 20.5. The van der Waals surface area contributed by atoms with E-state index in [1.807, 2.05) is 106 Å². The zero-order chi connectivity index (χ0) is 49.8. The maximum atomic E-state index is 14.1. The highest BCUT2D eigenvalue weighted by Gasteiger charge is 2.64. The average Bonchev–Trinajstić information content (AvgIpc) is 3.94. The molecular weight excluding hydrogens is 910 g/mol. The number of amides is 3. The summed E-state index contributed by atoms with van der Waals surface area (Å²) in [5.74, 6) is 0.245. The highest BCUT2D eigenvalue weighted by atomic mass is 35.5. The number of carbonyl (C=O) groups is 4. The molecule has 2 aliphatic rings. The first-order chi connectivity index (χ1) is 32.7. The summed E-state index contributed by atoms with van der Waals surface area (Å²) in [6.07, 6.45) is 0.392. The number of hydrogen-bond donors (Lipinski definition) is 3. The zero-order valence-corrected chi connectivity index (χ0v) is 42.2. The Balaban J connectivity index is 0.858. The Bertz CT molecular complexity index is 2690. The number of nitriles is 1. The van der Waals surface area contributed by atoms with Crippen LogP contribution in [0.15, 0.2) is 96.5 Å². The van der Waals surface area contributed by atoms with Crippen molar-refractivity contribution in [1.82, 2.24) is 20.5 Å². The summed E-state index contributed by atoms with van der Waals surface area (Å²) in [6.45, 7) is 16.2. The molecule has 1 saturated carbocycles. The van der Waals surface area contributed by atoms with Crippen molar-refractivity contribution >= 4 is 46.4 Å². The molecule has 14 heteroatoms. The number of aryl methyl sites for hydroxylation is 2. The number of halogens is 1. The molecule has 0 spiro atoms. The number of aromatic nitrogens is 1. The van der Waals surface area contributed by atoms with E-state index in [1.165, 1.54) is 4.90 Å². The molecule has 4 aromatic carbocycles. The van der Waals surface area contributed by atoms with Crippen LogP contribution in [0.1, 0.15) is 101 Å². The van der Waals surface area contributed by atoms with Gasteiger partial charge in [-0.15, -0.1) is 11.3 Å². The van der Waals surface area contributed by atoms with Crippen LogP contribution in [-0.2, 0) is 20.8 Å². The van der Waals surface area contributed by atoms with Crippen molar-refractivity contribution in [2.75, 3.05) is 13.2 Å². The van der Waals surface area contributed by atoms with Gasteiger partial charge in [0.15, 0.2) is 5.78 Å². The summed E-state index contributed by atoms with van der Waals surface area (Å²) in [5.41, 5.74) is 6.24. The minimum Gasteiger partial charge on any atom is -0.494 e. The Hall–Kier alpha value is -6.07. The minimum atomic E-state index is -0.900. The molecule has 1 aliphatic carbocycles. The monoisotopic (exact) mass is 971 g/mol. The third kappa shape index (κ3) is 11.5. The molecule has 2 heterocycles. The summed E-state index contributed by atoms with van der Waals surface area (Å²) >= 11 is 7.84. The van der Waals surface area contributed by atoms with E-state index in [-0.39, 0.29) is 68.1 Å². The van der Waals surface area contributed by atoms with Crippen LogP contribution in [0.5, 0.6) is 11.5 Å². The van der Waals surface area contributed by atoms with E-state index in [1.54, 1.807) is 29.5 Å². The lowest BCUT2D eigenvalue weighted by molar-refractivity contribution is -0.164. The summed E-state index contributed by atoms with van der Waals surface area (Å²) < 4.78 is 12.3. The quantitative estimate of drug-likeness (QED) is 0.0768. The number of ketones is 1. The molecular formula is C55H62ClN5O7S. The number of aliphatic hydroxyl groups excluding tert-OH is 1. The normalized spacial score (nSPS) is 19.7. The Morgan fingerprint density at radius 3 is 2.13 bits per heavy atom. The molecule has 2 fully saturated rings. The van der Waals surface area contributed by atoms with Gasteiger partial charge in [0.25, 0.3) is 5.91 Å². The van der Waals surface area contributed by atoms with Gasteiger partial charge in [-0.05, 0) is 83.8 Å². The van der Waals surface area contributed by atoms with Gasteiger partial charge in [-0.1, -0.05) is 109 Å². The van der Waals surface area contributed by atoms with Crippen LogP contribution >= 0.6 is 22.9 Å². The zero-order valence-electron chi connectivity index (χ0n) is 40.6. The number of carbonyl (C=O) groups excluding carboxylic acids is 4. The van der Waals surface area contributed by atoms with Gasteiger partial charge in [0.2, 0.25) is 11.8 Å². The van der Waals surface area contributed by atoms with Crippen molar-refractivity contribution in [3.05, 3.63) is 124 Å². The minimum absolute atomic E-state index is 0.0334. The highest BCUT2D eigenvalue weighted by molar-refractivity contribution is 7.13. The smallest absolute Gasteiger partial charge is 0.251 e. The van der Waals surface area contributed by atoms with Crippen molar-refractivity contribution < 1.29 is 33.8 Å². The van der Waals surface area contributed by atoms with E-state index in [9.17, 15) is 29.5 Å². The Labute approximate surface area is 414 Å². The van der Waals surface area contributed by atoms with E-state index in [0.717, 1.165) is 32.8 Å². The topological polar surface area (TPSA) is 171 Å². The highest BCUT2D eigenvalue weighted by Crippen LogP contribution is 2.55. The van der Waals surface area contributed by atoms with Gasteiger partial charge >= 0.3 is 0 Å². The van der Waals surface area contributed by atoms with Gasteiger partial charge in [-0.3, -0.25) is 19.2 Å². The van der Waals surface area contributed by atoms with E-state index in [2.05, 4.69) is 49.4 Å². The summed E-state index contributed by atoms with van der Waals surface area (Å²) in [4.78, 5) is 61.4. The number of ether oxygens (including phenoxy) is 2. The first kappa shape index (κ1) is 50.8. The maximum Gasteiger partial charge on any atom is 0.251 e. The number of hydrogen-bond acceptors (Lipinski definition) is 10. The molecule has 69 heavy (non-hydrogen) atoms. The fraction of sp³-hybridized carbons (Fsp3) is 0.418. The van der Waals surface area contributed by atoms with Gasteiger partial charge in [0.05, 0.1) is 45.4 Å². The molecule has 5 aromatic rings. The number of Topliss-reactive ketones (excluding diaryl/α,β-unsaturated/α-hetero) is 1. The molecule has 362 valence electrons. The third-order valence-electron chi connectivity index (χ3n) is 13.6. The predicted octanol–water partition coefficient (Wildman–Crippen LogP) is 9.78. The fourth-order valence-electron chi connectivity index (χ4n) is 10.0. The molecule has 3 N–H and O–H groups in total. The van der Waals surface area contributed by atoms with E-state index < -0.39 is 34.4 Å². The number of β-amino-alcohol motifs (C(OH)–C–C–N with tert-alkyl or cyclic N) is 1. The molecule has 1 saturated heterocycles. The summed E-state index contributed by atoms with van der Waals surface area (Å²) in [6, 6.07) is 28.4. The lowest BCUT2D eigenvalue weighted by Crippen LogP contribution is -2.74. The van der Waals surface area contributed by atoms with Crippen LogP contribution in [0.25, 0.3) is 21.6 Å². The van der Waals surface area contributed by atoms with Crippen molar-refractivity contribution in [2.45, 2.75) is 118 Å². The summed E-state index contributed by atoms with van der Waals surface area (Å²) in [7, 11) is 0. The Morgan fingerprint density at radius 1 is 0.913 bits per heavy atom. The Kier molecular flexibility index (Phi) is 15.4. The van der Waals surface area contributed by atoms with Crippen LogP contribution in [0.3, 0.4) is 0 Å². The number of rotatable bonds is 17. The maximum absolute atomic E-state index is 14.1. The lowest BCUT2D eigenvalue weighted by atomic mass is 9.49. The lowest BCUT2D eigenvalue weighted by Gasteiger charge is -2.63. The largest absolute Gasteiger partial charge is 0.494 e. The van der Waals surface area contributed by atoms with Gasteiger partial charge in [0, 0.05) is 54.3 Å². The SMILES string of the molecule is Cc1ncsc1-c1ccc(CCC(=O)[C@@H]2C[C@@H](O)CN2C(=O)[C@@H](NC(=O)CCCOc2ccc(-c3ccc(C(=O)NC4C(C)(C)C(Oc5ccc(C#N)c(Cl)c5)C4(C)C)cc3)cc2)C(C)(C)C)cc1. The van der Waals surface area contributed by atoms with Gasteiger partial charge in [0.1, 0.15) is 29.7 Å². The second kappa shape index (κ2) is 20.9. The van der Waals surface area contributed by atoms with E-state index >= 15 is 0 Å². The average molecular weight is 973 g/mol. The van der Waals surface area contributed by atoms with Gasteiger partial charge in [-0.2, -0.15) is 5.26 Å². The first-order valence-corrected chi connectivity index (χ1v) is 24.7.